The maximum Gasteiger partial charge on any atom is 0.266 e. The van der Waals surface area contributed by atoms with Crippen LogP contribution in [0.3, 0.4) is 0 Å². The van der Waals surface area contributed by atoms with Crippen LogP contribution in [0.15, 0.2) is 47.3 Å². The fourth-order valence-corrected chi connectivity index (χ4v) is 4.55. The second kappa shape index (κ2) is 10.4. The average Bonchev–Trinajstić information content (AvgIpc) is 2.80. The van der Waals surface area contributed by atoms with E-state index in [1.807, 2.05) is 0 Å². The molecule has 6 nitrogen and oxygen atoms in total. The van der Waals surface area contributed by atoms with Crippen LogP contribution < -0.4 is 10.9 Å². The lowest BCUT2D eigenvalue weighted by Crippen LogP contribution is -2.34. The van der Waals surface area contributed by atoms with Crippen LogP contribution in [0.4, 0.5) is 4.39 Å². The van der Waals surface area contributed by atoms with Gasteiger partial charge < -0.3 is 15.2 Å². The Bertz CT molecular complexity index is 1260. The quantitative estimate of drug-likeness (QED) is 0.398. The summed E-state index contributed by atoms with van der Waals surface area (Å²) < 4.78 is 15.4. The molecule has 174 valence electrons. The monoisotopic (exact) mass is 468 g/mol. The third-order valence-corrected chi connectivity index (χ3v) is 6.60. The van der Waals surface area contributed by atoms with Crippen molar-refractivity contribution in [2.45, 2.75) is 32.6 Å². The summed E-state index contributed by atoms with van der Waals surface area (Å²) >= 11 is 5.31. The molecule has 1 fully saturated rings. The molecule has 1 aliphatic heterocycles. The number of hydrogen-bond donors (Lipinski definition) is 2. The summed E-state index contributed by atoms with van der Waals surface area (Å²) in [6.07, 6.45) is 4.51. The number of piperidine rings is 1. The smallest absolute Gasteiger partial charge is 0.266 e. The Morgan fingerprint density at radius 3 is 2.70 bits per heavy atom. The number of fused-ring (bicyclic) bond motifs is 1. The zero-order valence-corrected chi connectivity index (χ0v) is 19.6. The molecule has 1 saturated heterocycles. The molecule has 2 aromatic carbocycles. The molecule has 0 radical (unpaired) electrons. The van der Waals surface area contributed by atoms with E-state index in [2.05, 4.69) is 22.1 Å². The number of carbonyl (C=O) groups is 1. The molecule has 8 heteroatoms. The lowest BCUT2D eigenvalue weighted by molar-refractivity contribution is 0.0952. The number of H-pyrrole nitrogens is 1. The van der Waals surface area contributed by atoms with Crippen molar-refractivity contribution in [3.05, 3.63) is 69.0 Å². The van der Waals surface area contributed by atoms with Gasteiger partial charge in [0.15, 0.2) is 4.77 Å². The van der Waals surface area contributed by atoms with Gasteiger partial charge in [0.05, 0.1) is 16.6 Å². The Kier molecular flexibility index (Phi) is 7.35. The van der Waals surface area contributed by atoms with Crippen LogP contribution in [-0.2, 0) is 0 Å². The third kappa shape index (κ3) is 5.39. The number of benzene rings is 2. The van der Waals surface area contributed by atoms with Crippen LogP contribution in [0.25, 0.3) is 16.6 Å². The van der Waals surface area contributed by atoms with Gasteiger partial charge in [0, 0.05) is 12.1 Å². The number of hydrogen-bond acceptors (Lipinski definition) is 4. The molecule has 33 heavy (non-hydrogen) atoms. The van der Waals surface area contributed by atoms with Crippen molar-refractivity contribution >= 4 is 29.0 Å². The lowest BCUT2D eigenvalue weighted by atomic mass is 9.99. The third-order valence-electron chi connectivity index (χ3n) is 6.32. The predicted molar refractivity (Wildman–Crippen MR) is 131 cm³/mol. The van der Waals surface area contributed by atoms with Gasteiger partial charge in [-0.05, 0) is 93.8 Å². The summed E-state index contributed by atoms with van der Waals surface area (Å²) in [6.45, 7) is 6.33. The van der Waals surface area contributed by atoms with E-state index in [0.29, 0.717) is 23.0 Å². The molecule has 0 unspecified atom stereocenters. The van der Waals surface area contributed by atoms with Crippen molar-refractivity contribution in [3.63, 3.8) is 0 Å². The summed E-state index contributed by atoms with van der Waals surface area (Å²) in [5, 5.41) is 3.28. The van der Waals surface area contributed by atoms with Crippen molar-refractivity contribution in [1.82, 2.24) is 19.8 Å². The molecule has 1 aliphatic rings. The molecule has 0 bridgehead atoms. The molecular formula is C25H29FN4O2S. The number of amides is 1. The largest absolute Gasteiger partial charge is 0.352 e. The van der Waals surface area contributed by atoms with Crippen LogP contribution in [0.1, 0.15) is 43.0 Å². The Hall–Kier alpha value is -2.84. The van der Waals surface area contributed by atoms with Crippen LogP contribution in [0.5, 0.6) is 0 Å². The molecule has 2 N–H and O–H groups in total. The van der Waals surface area contributed by atoms with Crippen LogP contribution in [0, 0.1) is 16.5 Å². The topological polar surface area (TPSA) is 70.1 Å². The maximum absolute atomic E-state index is 14.2. The fourth-order valence-electron chi connectivity index (χ4n) is 4.26. The van der Waals surface area contributed by atoms with Gasteiger partial charge in [-0.1, -0.05) is 19.1 Å². The number of carbonyl (C=O) groups excluding carboxylic acids is 1. The molecule has 1 aromatic heterocycles. The molecule has 2 heterocycles. The fraction of sp³-hybridized carbons (Fsp3) is 0.400. The number of aromatic nitrogens is 2. The minimum Gasteiger partial charge on any atom is -0.352 e. The Balaban J connectivity index is 1.40. The first-order valence-corrected chi connectivity index (χ1v) is 11.9. The lowest BCUT2D eigenvalue weighted by Gasteiger charge is -2.30. The number of nitrogens with one attached hydrogen (secondary N) is 2. The van der Waals surface area contributed by atoms with Crippen molar-refractivity contribution < 1.29 is 9.18 Å². The molecule has 0 saturated carbocycles. The normalized spacial score (nSPS) is 15.1. The summed E-state index contributed by atoms with van der Waals surface area (Å²) in [4.78, 5) is 31.0. The zero-order chi connectivity index (χ0) is 23.4. The van der Waals surface area contributed by atoms with Crippen LogP contribution in [0.2, 0.25) is 0 Å². The van der Waals surface area contributed by atoms with E-state index in [4.69, 9.17) is 12.2 Å². The highest BCUT2D eigenvalue weighted by molar-refractivity contribution is 7.71. The summed E-state index contributed by atoms with van der Waals surface area (Å²) in [5.41, 5.74) is 0.551. The zero-order valence-electron chi connectivity index (χ0n) is 18.8. The first kappa shape index (κ1) is 23.3. The maximum atomic E-state index is 14.2. The average molecular weight is 469 g/mol. The summed E-state index contributed by atoms with van der Waals surface area (Å²) in [5.74, 6) is 0.101. The van der Waals surface area contributed by atoms with Gasteiger partial charge in [0.2, 0.25) is 0 Å². The first-order valence-electron chi connectivity index (χ1n) is 11.5. The van der Waals surface area contributed by atoms with Gasteiger partial charge in [-0.15, -0.1) is 0 Å². The Morgan fingerprint density at radius 2 is 1.94 bits per heavy atom. The standard InChI is InChI=1S/C25H29FN4O2S/c1-17-10-14-29(15-11-17)13-5-4-12-27-23(31)18-8-9-19-21(16-18)28-25(33)30(24(19)32)22-7-3-2-6-20(22)26/h2-3,6-9,16-17H,4-5,10-15H2,1H3,(H,27,31)(H,28,33). The highest BCUT2D eigenvalue weighted by atomic mass is 32.1. The highest BCUT2D eigenvalue weighted by Gasteiger charge is 2.15. The number of aromatic amines is 1. The number of likely N-dealkylation sites (tertiary alicyclic amines) is 1. The number of nitrogens with zero attached hydrogens (tertiary/aromatic N) is 2. The molecule has 0 atom stereocenters. The first-order chi connectivity index (χ1) is 15.9. The SMILES string of the molecule is CC1CCN(CCCCNC(=O)c2ccc3c(=O)n(-c4ccccc4F)c(=S)[nH]c3c2)CC1. The van der Waals surface area contributed by atoms with E-state index in [1.165, 1.54) is 38.1 Å². The van der Waals surface area contributed by atoms with Gasteiger partial charge in [0.25, 0.3) is 11.5 Å². The summed E-state index contributed by atoms with van der Waals surface area (Å²) in [6, 6.07) is 10.8. The molecular weight excluding hydrogens is 439 g/mol. The van der Waals surface area contributed by atoms with E-state index in [1.54, 1.807) is 30.3 Å². The van der Waals surface area contributed by atoms with E-state index in [-0.39, 0.29) is 16.4 Å². The van der Waals surface area contributed by atoms with Crippen LogP contribution in [-0.4, -0.2) is 46.5 Å². The van der Waals surface area contributed by atoms with Gasteiger partial charge in [-0.2, -0.15) is 0 Å². The molecule has 0 spiro atoms. The van der Waals surface area contributed by atoms with Gasteiger partial charge in [-0.3, -0.25) is 9.59 Å². The molecule has 3 aromatic rings. The van der Waals surface area contributed by atoms with Gasteiger partial charge in [-0.25, -0.2) is 8.96 Å². The number of rotatable bonds is 7. The van der Waals surface area contributed by atoms with E-state index >= 15 is 0 Å². The van der Waals surface area contributed by atoms with Gasteiger partial charge >= 0.3 is 0 Å². The second-order valence-corrected chi connectivity index (χ2v) is 9.16. The Morgan fingerprint density at radius 1 is 1.18 bits per heavy atom. The molecule has 4 rings (SSSR count). The van der Waals surface area contributed by atoms with Crippen molar-refractivity contribution in [3.8, 4) is 5.69 Å². The van der Waals surface area contributed by atoms with Crippen molar-refractivity contribution in [1.29, 1.82) is 0 Å². The molecule has 0 aliphatic carbocycles. The second-order valence-electron chi connectivity index (χ2n) is 8.77. The summed E-state index contributed by atoms with van der Waals surface area (Å²) in [7, 11) is 0. The Labute approximate surface area is 197 Å². The predicted octanol–water partition coefficient (Wildman–Crippen LogP) is 4.43. The number of unbranched alkanes of at least 4 members (excludes halogenated alkanes) is 1. The van der Waals surface area contributed by atoms with E-state index < -0.39 is 11.4 Å². The number of halogens is 1. The van der Waals surface area contributed by atoms with Crippen LogP contribution >= 0.6 is 12.2 Å². The van der Waals surface area contributed by atoms with Crippen molar-refractivity contribution in [2.75, 3.05) is 26.2 Å². The van der Waals surface area contributed by atoms with Gasteiger partial charge in [0.1, 0.15) is 5.82 Å². The molecule has 1 amide bonds. The number of para-hydroxylation sites is 1. The highest BCUT2D eigenvalue weighted by Crippen LogP contribution is 2.17. The van der Waals surface area contributed by atoms with Crippen molar-refractivity contribution in [2.24, 2.45) is 5.92 Å². The van der Waals surface area contributed by atoms with E-state index in [9.17, 15) is 14.0 Å². The van der Waals surface area contributed by atoms with E-state index in [0.717, 1.165) is 29.9 Å². The minimum atomic E-state index is -0.538. The minimum absolute atomic E-state index is 0.0715.